The minimum Gasteiger partial charge on any atom is -0.493 e. The molecule has 0 aromatic heterocycles. The van der Waals surface area contributed by atoms with Gasteiger partial charge in [-0.25, -0.2) is 0 Å². The first-order chi connectivity index (χ1) is 9.19. The number of ether oxygens (including phenoxy) is 1. The number of nitrogens with two attached hydrogens (primary N) is 1. The van der Waals surface area contributed by atoms with Crippen LogP contribution in [0.3, 0.4) is 0 Å². The number of fused-ring (bicyclic) bond motifs is 1. The van der Waals surface area contributed by atoms with Crippen LogP contribution in [0.5, 0.6) is 5.75 Å². The minimum absolute atomic E-state index is 0.0945. The van der Waals surface area contributed by atoms with Gasteiger partial charge in [0, 0.05) is 19.4 Å². The second-order valence-electron chi connectivity index (χ2n) is 5.19. The van der Waals surface area contributed by atoms with E-state index in [9.17, 15) is 4.79 Å². The number of benzene rings is 1. The number of aryl methyl sites for hydroxylation is 1. The number of carbonyl (C=O) groups excluding carboxylic acids is 1. The number of amides is 1. The Kier molecular flexibility index (Phi) is 4.80. The van der Waals surface area contributed by atoms with Gasteiger partial charge in [0.1, 0.15) is 5.75 Å². The maximum Gasteiger partial charge on any atom is 0.220 e. The summed E-state index contributed by atoms with van der Waals surface area (Å²) >= 11 is 0. The summed E-state index contributed by atoms with van der Waals surface area (Å²) in [5, 5.41) is 2.91. The quantitative estimate of drug-likeness (QED) is 0.811. The number of hydrogen-bond acceptors (Lipinski definition) is 3. The summed E-state index contributed by atoms with van der Waals surface area (Å²) in [7, 11) is 0. The van der Waals surface area contributed by atoms with Gasteiger partial charge < -0.3 is 15.8 Å². The van der Waals surface area contributed by atoms with E-state index in [1.54, 1.807) is 0 Å². The average Bonchev–Trinajstić information content (AvgIpc) is 2.89. The van der Waals surface area contributed by atoms with Crippen molar-refractivity contribution in [1.29, 1.82) is 0 Å². The highest BCUT2D eigenvalue weighted by molar-refractivity contribution is 5.76. The van der Waals surface area contributed by atoms with Crippen LogP contribution in [0.4, 0.5) is 0 Å². The van der Waals surface area contributed by atoms with E-state index in [0.29, 0.717) is 25.4 Å². The zero-order valence-electron chi connectivity index (χ0n) is 11.4. The highest BCUT2D eigenvalue weighted by Gasteiger charge is 2.12. The molecule has 1 aliphatic rings. The van der Waals surface area contributed by atoms with Crippen LogP contribution in [0, 0.1) is 5.92 Å². The zero-order valence-corrected chi connectivity index (χ0v) is 11.4. The number of carbonyl (C=O) groups is 1. The Morgan fingerprint density at radius 1 is 1.53 bits per heavy atom. The largest absolute Gasteiger partial charge is 0.493 e. The molecule has 3 N–H and O–H groups in total. The Hall–Kier alpha value is -1.55. The van der Waals surface area contributed by atoms with E-state index in [0.717, 1.165) is 25.2 Å². The standard InChI is InChI=1S/C15H22N2O2/c1-11(9-16)10-17-15(18)5-3-12-2-4-14-13(8-12)6-7-19-14/h2,4,8,11H,3,5-7,9-10,16H2,1H3,(H,17,18). The van der Waals surface area contributed by atoms with E-state index in [4.69, 9.17) is 10.5 Å². The highest BCUT2D eigenvalue weighted by Crippen LogP contribution is 2.26. The van der Waals surface area contributed by atoms with Crippen LogP contribution < -0.4 is 15.8 Å². The predicted octanol–water partition coefficient (Wildman–Crippen LogP) is 1.27. The Balaban J connectivity index is 1.77. The summed E-state index contributed by atoms with van der Waals surface area (Å²) in [4.78, 5) is 11.7. The van der Waals surface area contributed by atoms with Crippen molar-refractivity contribution in [3.8, 4) is 5.75 Å². The molecule has 0 fully saturated rings. The summed E-state index contributed by atoms with van der Waals surface area (Å²) < 4.78 is 5.47. The maximum absolute atomic E-state index is 11.7. The molecule has 0 radical (unpaired) electrons. The van der Waals surface area contributed by atoms with Crippen LogP contribution in [0.25, 0.3) is 0 Å². The predicted molar refractivity (Wildman–Crippen MR) is 75.2 cm³/mol. The number of hydrogen-bond donors (Lipinski definition) is 2. The Morgan fingerprint density at radius 3 is 3.16 bits per heavy atom. The molecule has 2 rings (SSSR count). The lowest BCUT2D eigenvalue weighted by Gasteiger charge is -2.10. The van der Waals surface area contributed by atoms with Gasteiger partial charge in [0.25, 0.3) is 0 Å². The average molecular weight is 262 g/mol. The van der Waals surface area contributed by atoms with Gasteiger partial charge in [-0.05, 0) is 36.1 Å². The first kappa shape index (κ1) is 13.9. The Morgan fingerprint density at radius 2 is 2.37 bits per heavy atom. The molecule has 1 amide bonds. The molecule has 1 aliphatic heterocycles. The van der Waals surface area contributed by atoms with Gasteiger partial charge in [0.2, 0.25) is 5.91 Å². The monoisotopic (exact) mass is 262 g/mol. The molecule has 4 heteroatoms. The Bertz CT molecular complexity index is 446. The molecule has 1 heterocycles. The summed E-state index contributed by atoms with van der Waals surface area (Å²) in [6, 6.07) is 6.20. The third kappa shape index (κ3) is 3.96. The fourth-order valence-corrected chi connectivity index (χ4v) is 2.11. The first-order valence-corrected chi connectivity index (χ1v) is 6.90. The van der Waals surface area contributed by atoms with Crippen molar-refractivity contribution in [3.63, 3.8) is 0 Å². The zero-order chi connectivity index (χ0) is 13.7. The molecular weight excluding hydrogens is 240 g/mol. The van der Waals surface area contributed by atoms with Crippen molar-refractivity contribution >= 4 is 5.91 Å². The van der Waals surface area contributed by atoms with E-state index in [1.165, 1.54) is 11.1 Å². The Labute approximate surface area is 114 Å². The number of nitrogens with one attached hydrogen (secondary N) is 1. The lowest BCUT2D eigenvalue weighted by atomic mass is 10.0. The fourth-order valence-electron chi connectivity index (χ4n) is 2.11. The minimum atomic E-state index is 0.0945. The number of rotatable bonds is 6. The maximum atomic E-state index is 11.7. The van der Waals surface area contributed by atoms with E-state index < -0.39 is 0 Å². The van der Waals surface area contributed by atoms with E-state index in [-0.39, 0.29) is 5.91 Å². The van der Waals surface area contributed by atoms with Crippen molar-refractivity contribution < 1.29 is 9.53 Å². The molecule has 0 saturated carbocycles. The van der Waals surface area contributed by atoms with Crippen LogP contribution in [0.1, 0.15) is 24.5 Å². The molecule has 0 bridgehead atoms. The molecule has 1 aromatic carbocycles. The van der Waals surface area contributed by atoms with E-state index >= 15 is 0 Å². The lowest BCUT2D eigenvalue weighted by Crippen LogP contribution is -2.31. The molecular formula is C15H22N2O2. The van der Waals surface area contributed by atoms with Crippen LogP contribution in [-0.4, -0.2) is 25.6 Å². The van der Waals surface area contributed by atoms with Crippen molar-refractivity contribution in [2.45, 2.75) is 26.2 Å². The van der Waals surface area contributed by atoms with Gasteiger partial charge in [-0.15, -0.1) is 0 Å². The summed E-state index contributed by atoms with van der Waals surface area (Å²) in [5.74, 6) is 1.42. The molecule has 19 heavy (non-hydrogen) atoms. The van der Waals surface area contributed by atoms with Crippen molar-refractivity contribution in [1.82, 2.24) is 5.32 Å². The second-order valence-corrected chi connectivity index (χ2v) is 5.19. The molecule has 4 nitrogen and oxygen atoms in total. The van der Waals surface area contributed by atoms with E-state index in [1.807, 2.05) is 19.1 Å². The smallest absolute Gasteiger partial charge is 0.220 e. The van der Waals surface area contributed by atoms with Gasteiger partial charge in [-0.1, -0.05) is 19.1 Å². The van der Waals surface area contributed by atoms with Crippen LogP contribution in [0.15, 0.2) is 18.2 Å². The lowest BCUT2D eigenvalue weighted by molar-refractivity contribution is -0.121. The fraction of sp³-hybridized carbons (Fsp3) is 0.533. The third-order valence-electron chi connectivity index (χ3n) is 3.44. The normalized spacial score (nSPS) is 14.6. The van der Waals surface area contributed by atoms with E-state index in [2.05, 4.69) is 11.4 Å². The molecule has 1 atom stereocenters. The van der Waals surface area contributed by atoms with Gasteiger partial charge in [-0.3, -0.25) is 4.79 Å². The van der Waals surface area contributed by atoms with Crippen LogP contribution >= 0.6 is 0 Å². The summed E-state index contributed by atoms with van der Waals surface area (Å²) in [5.41, 5.74) is 7.97. The van der Waals surface area contributed by atoms with Crippen molar-refractivity contribution in [3.05, 3.63) is 29.3 Å². The molecule has 0 saturated heterocycles. The summed E-state index contributed by atoms with van der Waals surface area (Å²) in [6.45, 7) is 4.06. The molecule has 1 unspecified atom stereocenters. The van der Waals surface area contributed by atoms with Crippen molar-refractivity contribution in [2.24, 2.45) is 11.7 Å². The molecule has 0 aliphatic carbocycles. The molecule has 0 spiro atoms. The van der Waals surface area contributed by atoms with Gasteiger partial charge in [0.15, 0.2) is 0 Å². The van der Waals surface area contributed by atoms with Gasteiger partial charge >= 0.3 is 0 Å². The van der Waals surface area contributed by atoms with Crippen LogP contribution in [0.2, 0.25) is 0 Å². The van der Waals surface area contributed by atoms with Gasteiger partial charge in [0.05, 0.1) is 6.61 Å². The second kappa shape index (κ2) is 6.57. The first-order valence-electron chi connectivity index (χ1n) is 6.90. The summed E-state index contributed by atoms with van der Waals surface area (Å²) in [6.07, 6.45) is 2.27. The van der Waals surface area contributed by atoms with Gasteiger partial charge in [-0.2, -0.15) is 0 Å². The molecule has 1 aromatic rings. The highest BCUT2D eigenvalue weighted by atomic mass is 16.5. The SMILES string of the molecule is CC(CN)CNC(=O)CCc1ccc2c(c1)CCO2. The third-order valence-corrected chi connectivity index (χ3v) is 3.44. The topological polar surface area (TPSA) is 64.3 Å². The molecule has 104 valence electrons. The van der Waals surface area contributed by atoms with Crippen molar-refractivity contribution in [2.75, 3.05) is 19.7 Å². The van der Waals surface area contributed by atoms with Crippen LogP contribution in [-0.2, 0) is 17.6 Å².